The molecule has 148 valence electrons. The molecule has 2 amide bonds. The minimum atomic E-state index is -1.07. The third-order valence-electron chi connectivity index (χ3n) is 4.69. The summed E-state index contributed by atoms with van der Waals surface area (Å²) in [4.78, 5) is 39.9. The number of esters is 1. The third-order valence-corrected chi connectivity index (χ3v) is 5.18. The number of imide groups is 1. The molecule has 2 heterocycles. The molecule has 0 N–H and O–H groups in total. The van der Waals surface area contributed by atoms with Crippen LogP contribution < -0.4 is 9.91 Å². The highest BCUT2D eigenvalue weighted by molar-refractivity contribution is 6.47. The number of hydrogen-bond donors (Lipinski definition) is 0. The second-order valence-electron chi connectivity index (χ2n) is 6.44. The molecule has 9 heteroatoms. The van der Waals surface area contributed by atoms with E-state index in [4.69, 9.17) is 27.9 Å². The molecule has 2 atom stereocenters. The monoisotopic (exact) mass is 431 g/mol. The van der Waals surface area contributed by atoms with Crippen molar-refractivity contribution in [2.45, 2.75) is 13.0 Å². The largest absolute Gasteiger partial charge is 0.461 e. The zero-order valence-corrected chi connectivity index (χ0v) is 16.7. The second kappa shape index (κ2) is 7.50. The van der Waals surface area contributed by atoms with Crippen LogP contribution >= 0.6 is 23.2 Å². The van der Waals surface area contributed by atoms with Crippen molar-refractivity contribution in [1.29, 1.82) is 0 Å². The average molecular weight is 432 g/mol. The molecule has 0 unspecified atom stereocenters. The van der Waals surface area contributed by atoms with Crippen LogP contribution in [0.1, 0.15) is 6.92 Å². The summed E-state index contributed by atoms with van der Waals surface area (Å²) in [5.74, 6) is -2.84. The van der Waals surface area contributed by atoms with Gasteiger partial charge in [-0.25, -0.2) is 9.69 Å². The SMILES string of the molecule is CCOC(=O)C1=NN(c2cccc(Cl)c2)[C@H]2C(=O)N(c3ccc(Cl)cc3)C(=O)[C@H]12. The predicted molar refractivity (Wildman–Crippen MR) is 109 cm³/mol. The standard InChI is InChI=1S/C20H15Cl2N3O4/c1-2-29-20(28)16-15-17(25(23-16)14-5-3-4-12(22)10-14)19(27)24(18(15)26)13-8-6-11(21)7-9-13/h3-10,15,17H,2H2,1H3/t15-,17-/m1/s1. The van der Waals surface area contributed by atoms with Gasteiger partial charge in [0.2, 0.25) is 5.91 Å². The summed E-state index contributed by atoms with van der Waals surface area (Å²) in [6.45, 7) is 1.77. The average Bonchev–Trinajstić information content (AvgIpc) is 3.21. The number of hydrazone groups is 1. The fourth-order valence-corrected chi connectivity index (χ4v) is 3.78. The van der Waals surface area contributed by atoms with Gasteiger partial charge in [-0.2, -0.15) is 5.10 Å². The van der Waals surface area contributed by atoms with Crippen LogP contribution in [0.25, 0.3) is 0 Å². The summed E-state index contributed by atoms with van der Waals surface area (Å²) in [5, 5.41) is 6.54. The van der Waals surface area contributed by atoms with Crippen LogP contribution in [-0.4, -0.2) is 36.1 Å². The van der Waals surface area contributed by atoms with Gasteiger partial charge in [0.05, 0.1) is 18.0 Å². The van der Waals surface area contributed by atoms with E-state index in [1.54, 1.807) is 55.5 Å². The minimum absolute atomic E-state index is 0.105. The second-order valence-corrected chi connectivity index (χ2v) is 7.31. The Kier molecular flexibility index (Phi) is 5.02. The van der Waals surface area contributed by atoms with Crippen molar-refractivity contribution in [2.24, 2.45) is 11.0 Å². The summed E-state index contributed by atoms with van der Waals surface area (Å²) in [6.07, 6.45) is 0. The molecule has 0 aliphatic carbocycles. The lowest BCUT2D eigenvalue weighted by Gasteiger charge is -2.22. The number of benzene rings is 2. The summed E-state index contributed by atoms with van der Waals surface area (Å²) >= 11 is 12.0. The lowest BCUT2D eigenvalue weighted by atomic mass is 9.98. The van der Waals surface area contributed by atoms with Crippen LogP contribution in [0, 0.1) is 5.92 Å². The van der Waals surface area contributed by atoms with E-state index < -0.39 is 29.7 Å². The molecule has 0 aromatic heterocycles. The zero-order valence-electron chi connectivity index (χ0n) is 15.2. The third kappa shape index (κ3) is 3.26. The predicted octanol–water partition coefficient (Wildman–Crippen LogP) is 3.29. The van der Waals surface area contributed by atoms with Gasteiger partial charge in [0.1, 0.15) is 12.0 Å². The molecule has 2 aliphatic rings. The van der Waals surface area contributed by atoms with E-state index in [0.717, 1.165) is 4.90 Å². The fourth-order valence-electron chi connectivity index (χ4n) is 3.46. The molecular weight excluding hydrogens is 417 g/mol. The molecule has 7 nitrogen and oxygen atoms in total. The minimum Gasteiger partial charge on any atom is -0.461 e. The number of ether oxygens (including phenoxy) is 1. The van der Waals surface area contributed by atoms with Crippen LogP contribution in [0.2, 0.25) is 10.0 Å². The normalized spacial score (nSPS) is 20.7. The van der Waals surface area contributed by atoms with Crippen molar-refractivity contribution >= 4 is 58.1 Å². The molecule has 2 aliphatic heterocycles. The molecule has 0 radical (unpaired) electrons. The number of halogens is 2. The molecule has 0 bridgehead atoms. The summed E-state index contributed by atoms with van der Waals surface area (Å²) in [7, 11) is 0. The maximum Gasteiger partial charge on any atom is 0.355 e. The number of amides is 2. The van der Waals surface area contributed by atoms with Crippen molar-refractivity contribution in [3.05, 3.63) is 58.6 Å². The van der Waals surface area contributed by atoms with Gasteiger partial charge < -0.3 is 4.74 Å². The quantitative estimate of drug-likeness (QED) is 0.547. The summed E-state index contributed by atoms with van der Waals surface area (Å²) < 4.78 is 5.06. The Bertz CT molecular complexity index is 1040. The Morgan fingerprint density at radius 1 is 1.03 bits per heavy atom. The van der Waals surface area contributed by atoms with E-state index in [1.807, 2.05) is 0 Å². The Morgan fingerprint density at radius 2 is 1.76 bits per heavy atom. The van der Waals surface area contributed by atoms with Crippen LogP contribution in [0.4, 0.5) is 11.4 Å². The van der Waals surface area contributed by atoms with E-state index in [-0.39, 0.29) is 12.3 Å². The van der Waals surface area contributed by atoms with Gasteiger partial charge in [-0.05, 0) is 49.4 Å². The van der Waals surface area contributed by atoms with Crippen molar-refractivity contribution in [1.82, 2.24) is 0 Å². The molecule has 29 heavy (non-hydrogen) atoms. The van der Waals surface area contributed by atoms with Crippen LogP contribution in [0.3, 0.4) is 0 Å². The maximum absolute atomic E-state index is 13.2. The highest BCUT2D eigenvalue weighted by atomic mass is 35.5. The molecule has 1 saturated heterocycles. The Balaban J connectivity index is 1.79. The van der Waals surface area contributed by atoms with Gasteiger partial charge in [0.15, 0.2) is 5.71 Å². The van der Waals surface area contributed by atoms with E-state index in [1.165, 1.54) is 5.01 Å². The first-order valence-corrected chi connectivity index (χ1v) is 9.61. The molecule has 1 fully saturated rings. The number of nitrogens with zero attached hydrogens (tertiary/aromatic N) is 3. The molecule has 4 rings (SSSR count). The van der Waals surface area contributed by atoms with Gasteiger partial charge in [-0.1, -0.05) is 29.3 Å². The highest BCUT2D eigenvalue weighted by Crippen LogP contribution is 2.38. The Hall–Kier alpha value is -2.90. The lowest BCUT2D eigenvalue weighted by molar-refractivity contribution is -0.136. The smallest absolute Gasteiger partial charge is 0.355 e. The highest BCUT2D eigenvalue weighted by Gasteiger charge is 2.59. The van der Waals surface area contributed by atoms with Crippen molar-refractivity contribution in [3.8, 4) is 0 Å². The summed E-state index contributed by atoms with van der Waals surface area (Å²) in [5.41, 5.74) is 0.755. The maximum atomic E-state index is 13.2. The first kappa shape index (κ1) is 19.4. The molecule has 0 spiro atoms. The molecule has 2 aromatic rings. The van der Waals surface area contributed by atoms with Crippen molar-refractivity contribution in [2.75, 3.05) is 16.5 Å². The van der Waals surface area contributed by atoms with Gasteiger partial charge in [-0.15, -0.1) is 0 Å². The number of hydrogen-bond acceptors (Lipinski definition) is 6. The van der Waals surface area contributed by atoms with Crippen molar-refractivity contribution < 1.29 is 19.1 Å². The lowest BCUT2D eigenvalue weighted by Crippen LogP contribution is -2.39. The Labute approximate surface area is 176 Å². The number of carbonyl (C=O) groups is 3. The molecule has 0 saturated carbocycles. The van der Waals surface area contributed by atoms with Crippen LogP contribution in [-0.2, 0) is 19.1 Å². The van der Waals surface area contributed by atoms with E-state index in [2.05, 4.69) is 5.10 Å². The summed E-state index contributed by atoms with van der Waals surface area (Å²) in [6, 6.07) is 12.0. The zero-order chi connectivity index (χ0) is 20.7. The van der Waals surface area contributed by atoms with Crippen LogP contribution in [0.5, 0.6) is 0 Å². The Morgan fingerprint density at radius 3 is 2.41 bits per heavy atom. The number of anilines is 2. The topological polar surface area (TPSA) is 79.3 Å². The molecular formula is C20H15Cl2N3O4. The van der Waals surface area contributed by atoms with E-state index in [0.29, 0.717) is 21.4 Å². The first-order valence-electron chi connectivity index (χ1n) is 8.86. The van der Waals surface area contributed by atoms with Crippen molar-refractivity contribution in [3.63, 3.8) is 0 Å². The van der Waals surface area contributed by atoms with Gasteiger partial charge >= 0.3 is 5.97 Å². The number of rotatable bonds is 4. The number of carbonyl (C=O) groups excluding carboxylic acids is 3. The van der Waals surface area contributed by atoms with E-state index >= 15 is 0 Å². The van der Waals surface area contributed by atoms with Gasteiger partial charge in [0, 0.05) is 10.0 Å². The fraction of sp³-hybridized carbons (Fsp3) is 0.200. The van der Waals surface area contributed by atoms with Crippen LogP contribution in [0.15, 0.2) is 53.6 Å². The molecule has 2 aromatic carbocycles. The van der Waals surface area contributed by atoms with Gasteiger partial charge in [-0.3, -0.25) is 14.6 Å². The number of fused-ring (bicyclic) bond motifs is 1. The van der Waals surface area contributed by atoms with E-state index in [9.17, 15) is 14.4 Å². The first-order chi connectivity index (χ1) is 13.9. The van der Waals surface area contributed by atoms with Gasteiger partial charge in [0.25, 0.3) is 5.91 Å².